The zero-order chi connectivity index (χ0) is 17.6. The van der Waals surface area contributed by atoms with Gasteiger partial charge in [-0.15, -0.1) is 0 Å². The standard InChI is InChI=1S/C19H17FN2O2S/c1-2-24-18(23)17(14-7-4-3-5-8-14)25-19-21-11-12-22(19)16-10-6-9-15(20)13-16/h3-13,17H,2H2,1H3. The molecule has 3 aromatic rings. The molecule has 1 atom stereocenters. The van der Waals surface area contributed by atoms with Crippen LogP contribution in [0.4, 0.5) is 4.39 Å². The van der Waals surface area contributed by atoms with Crippen molar-refractivity contribution >= 4 is 17.7 Å². The van der Waals surface area contributed by atoms with Crippen molar-refractivity contribution in [3.05, 3.63) is 78.4 Å². The smallest absolute Gasteiger partial charge is 0.324 e. The van der Waals surface area contributed by atoms with Crippen molar-refractivity contribution in [2.45, 2.75) is 17.3 Å². The third kappa shape index (κ3) is 4.09. The largest absolute Gasteiger partial charge is 0.465 e. The summed E-state index contributed by atoms with van der Waals surface area (Å²) in [5.74, 6) is -0.653. The summed E-state index contributed by atoms with van der Waals surface area (Å²) in [6.45, 7) is 2.08. The number of carbonyl (C=O) groups is 1. The van der Waals surface area contributed by atoms with E-state index in [1.807, 2.05) is 30.3 Å². The van der Waals surface area contributed by atoms with E-state index in [1.54, 1.807) is 36.0 Å². The van der Waals surface area contributed by atoms with E-state index in [2.05, 4.69) is 4.98 Å². The first-order valence-electron chi connectivity index (χ1n) is 7.86. The van der Waals surface area contributed by atoms with Crippen molar-refractivity contribution < 1.29 is 13.9 Å². The molecular formula is C19H17FN2O2S. The van der Waals surface area contributed by atoms with Crippen LogP contribution in [0.25, 0.3) is 5.69 Å². The molecule has 0 amide bonds. The van der Waals surface area contributed by atoms with Crippen LogP contribution in [-0.4, -0.2) is 22.1 Å². The van der Waals surface area contributed by atoms with Gasteiger partial charge in [0.1, 0.15) is 11.1 Å². The van der Waals surface area contributed by atoms with Crippen LogP contribution in [-0.2, 0) is 9.53 Å². The summed E-state index contributed by atoms with van der Waals surface area (Å²) < 4.78 is 20.5. The number of nitrogens with zero attached hydrogens (tertiary/aromatic N) is 2. The second kappa shape index (κ2) is 7.98. The first-order valence-corrected chi connectivity index (χ1v) is 8.74. The predicted molar refractivity (Wildman–Crippen MR) is 95.2 cm³/mol. The van der Waals surface area contributed by atoms with E-state index in [1.165, 1.54) is 23.9 Å². The van der Waals surface area contributed by atoms with Crippen molar-refractivity contribution in [1.82, 2.24) is 9.55 Å². The maximum absolute atomic E-state index is 13.5. The molecule has 0 saturated carbocycles. The molecule has 0 spiro atoms. The molecule has 1 unspecified atom stereocenters. The Bertz CT molecular complexity index is 851. The molecule has 2 aromatic carbocycles. The number of esters is 1. The average molecular weight is 356 g/mol. The average Bonchev–Trinajstić information content (AvgIpc) is 3.09. The summed E-state index contributed by atoms with van der Waals surface area (Å²) in [4.78, 5) is 16.8. The highest BCUT2D eigenvalue weighted by atomic mass is 32.2. The fourth-order valence-corrected chi connectivity index (χ4v) is 3.47. The van der Waals surface area contributed by atoms with Gasteiger partial charge in [0, 0.05) is 12.4 Å². The van der Waals surface area contributed by atoms with Gasteiger partial charge in [0.25, 0.3) is 0 Å². The maximum atomic E-state index is 13.5. The van der Waals surface area contributed by atoms with Gasteiger partial charge >= 0.3 is 5.97 Å². The van der Waals surface area contributed by atoms with Gasteiger partial charge in [0.15, 0.2) is 5.16 Å². The van der Waals surface area contributed by atoms with Crippen LogP contribution in [0.2, 0.25) is 0 Å². The Balaban J connectivity index is 1.93. The van der Waals surface area contributed by atoms with Gasteiger partial charge in [-0.2, -0.15) is 0 Å². The number of halogens is 1. The summed E-state index contributed by atoms with van der Waals surface area (Å²) >= 11 is 1.28. The Morgan fingerprint density at radius 1 is 1.24 bits per heavy atom. The first kappa shape index (κ1) is 17.2. The van der Waals surface area contributed by atoms with Crippen LogP contribution in [0.3, 0.4) is 0 Å². The molecule has 1 heterocycles. The van der Waals surface area contributed by atoms with Crippen LogP contribution in [0.5, 0.6) is 0 Å². The summed E-state index contributed by atoms with van der Waals surface area (Å²) in [5, 5.41) is 0.0448. The lowest BCUT2D eigenvalue weighted by Gasteiger charge is -2.16. The molecule has 0 saturated heterocycles. The van der Waals surface area contributed by atoms with Gasteiger partial charge in [-0.1, -0.05) is 48.2 Å². The Morgan fingerprint density at radius 2 is 2.04 bits per heavy atom. The molecule has 0 aliphatic carbocycles. The van der Waals surface area contributed by atoms with Crippen molar-refractivity contribution in [2.75, 3.05) is 6.61 Å². The minimum atomic E-state index is -0.546. The third-order valence-corrected chi connectivity index (χ3v) is 4.73. The fraction of sp³-hybridized carbons (Fsp3) is 0.158. The second-order valence-corrected chi connectivity index (χ2v) is 6.29. The summed E-state index contributed by atoms with van der Waals surface area (Å²) in [6.07, 6.45) is 3.37. The van der Waals surface area contributed by atoms with Crippen LogP contribution < -0.4 is 0 Å². The number of thioether (sulfide) groups is 1. The van der Waals surface area contributed by atoms with Crippen LogP contribution in [0.15, 0.2) is 72.1 Å². The topological polar surface area (TPSA) is 44.1 Å². The van der Waals surface area contributed by atoms with Gasteiger partial charge < -0.3 is 4.74 Å². The summed E-state index contributed by atoms with van der Waals surface area (Å²) in [6, 6.07) is 15.6. The van der Waals surface area contributed by atoms with Gasteiger partial charge in [-0.05, 0) is 30.7 Å². The zero-order valence-electron chi connectivity index (χ0n) is 13.6. The number of aromatic nitrogens is 2. The normalized spacial score (nSPS) is 11.9. The molecule has 3 rings (SSSR count). The van der Waals surface area contributed by atoms with Crippen molar-refractivity contribution in [1.29, 1.82) is 0 Å². The SMILES string of the molecule is CCOC(=O)C(Sc1nccn1-c1cccc(F)c1)c1ccccc1. The maximum Gasteiger partial charge on any atom is 0.324 e. The lowest BCUT2D eigenvalue weighted by atomic mass is 10.1. The Kier molecular flexibility index (Phi) is 5.50. The highest BCUT2D eigenvalue weighted by Crippen LogP contribution is 2.36. The number of rotatable bonds is 6. The predicted octanol–water partition coefficient (Wildman–Crippen LogP) is 4.41. The number of imidazole rings is 1. The lowest BCUT2D eigenvalue weighted by Crippen LogP contribution is -2.14. The molecule has 0 radical (unpaired) electrons. The first-order chi connectivity index (χ1) is 12.2. The highest BCUT2D eigenvalue weighted by Gasteiger charge is 2.25. The Hall–Kier alpha value is -2.60. The van der Waals surface area contributed by atoms with Gasteiger partial charge in [0.2, 0.25) is 0 Å². The van der Waals surface area contributed by atoms with Gasteiger partial charge in [-0.25, -0.2) is 9.37 Å². The van der Waals surface area contributed by atoms with E-state index in [-0.39, 0.29) is 11.8 Å². The lowest BCUT2D eigenvalue weighted by molar-refractivity contribution is -0.142. The van der Waals surface area contributed by atoms with Crippen LogP contribution in [0.1, 0.15) is 17.7 Å². The summed E-state index contributed by atoms with van der Waals surface area (Å²) in [5.41, 5.74) is 1.48. The quantitative estimate of drug-likeness (QED) is 0.485. The molecule has 4 nitrogen and oxygen atoms in total. The molecule has 0 fully saturated rings. The number of hydrogen-bond acceptors (Lipinski definition) is 4. The fourth-order valence-electron chi connectivity index (χ4n) is 2.40. The molecule has 0 bridgehead atoms. The number of carbonyl (C=O) groups excluding carboxylic acids is 1. The summed E-state index contributed by atoms with van der Waals surface area (Å²) in [7, 11) is 0. The van der Waals surface area contributed by atoms with Crippen LogP contribution >= 0.6 is 11.8 Å². The van der Waals surface area contributed by atoms with E-state index in [0.29, 0.717) is 17.5 Å². The molecule has 25 heavy (non-hydrogen) atoms. The van der Waals surface area contributed by atoms with Crippen LogP contribution in [0, 0.1) is 5.82 Å². The van der Waals surface area contributed by atoms with E-state index >= 15 is 0 Å². The van der Waals surface area contributed by atoms with Gasteiger partial charge in [-0.3, -0.25) is 9.36 Å². The van der Waals surface area contributed by atoms with Gasteiger partial charge in [0.05, 0.1) is 12.3 Å². The van der Waals surface area contributed by atoms with Crippen molar-refractivity contribution in [2.24, 2.45) is 0 Å². The Labute approximate surface area is 149 Å². The molecule has 0 aliphatic heterocycles. The molecule has 0 N–H and O–H groups in total. The van der Waals surface area contributed by atoms with E-state index in [0.717, 1.165) is 5.56 Å². The molecular weight excluding hydrogens is 339 g/mol. The number of hydrogen-bond donors (Lipinski definition) is 0. The van der Waals surface area contributed by atoms with E-state index < -0.39 is 5.25 Å². The van der Waals surface area contributed by atoms with Crippen molar-refractivity contribution in [3.8, 4) is 5.69 Å². The molecule has 1 aromatic heterocycles. The Morgan fingerprint density at radius 3 is 2.76 bits per heavy atom. The number of benzene rings is 2. The molecule has 0 aliphatic rings. The molecule has 6 heteroatoms. The third-order valence-electron chi connectivity index (χ3n) is 3.52. The van der Waals surface area contributed by atoms with E-state index in [4.69, 9.17) is 4.74 Å². The zero-order valence-corrected chi connectivity index (χ0v) is 14.4. The molecule has 128 valence electrons. The minimum absolute atomic E-state index is 0.307. The highest BCUT2D eigenvalue weighted by molar-refractivity contribution is 8.00. The van der Waals surface area contributed by atoms with E-state index in [9.17, 15) is 9.18 Å². The van der Waals surface area contributed by atoms with Crippen molar-refractivity contribution in [3.63, 3.8) is 0 Å². The minimum Gasteiger partial charge on any atom is -0.465 e. The monoisotopic (exact) mass is 356 g/mol. The second-order valence-electron chi connectivity index (χ2n) is 5.22. The number of ether oxygens (including phenoxy) is 1.